The lowest BCUT2D eigenvalue weighted by Gasteiger charge is -1.99. The van der Waals surface area contributed by atoms with Crippen LogP contribution in [0.3, 0.4) is 0 Å². The largest absolute Gasteiger partial charge is 0.465 e. The van der Waals surface area contributed by atoms with Gasteiger partial charge in [0.05, 0.1) is 6.26 Å². The minimum atomic E-state index is -0.311. The van der Waals surface area contributed by atoms with Crippen molar-refractivity contribution in [3.8, 4) is 11.4 Å². The standard InChI is InChI=1S/C15H11FN4OS/c16-12-7-5-11(6-8-12)14-18-19-15(22)20(14)17-9-1-3-13-4-2-10-21-13/h1-10H,(H,19,22)/b3-1+,17-9+. The molecule has 0 unspecified atom stereocenters. The van der Waals surface area contributed by atoms with Crippen LogP contribution in [0, 0.1) is 10.6 Å². The van der Waals surface area contributed by atoms with Gasteiger partial charge in [-0.25, -0.2) is 9.49 Å². The molecule has 0 atom stereocenters. The monoisotopic (exact) mass is 314 g/mol. The number of nitrogens with zero attached hydrogens (tertiary/aromatic N) is 3. The Morgan fingerprint density at radius 1 is 1.27 bits per heavy atom. The average molecular weight is 314 g/mol. The number of aromatic nitrogens is 3. The molecule has 2 aromatic heterocycles. The second-order valence-electron chi connectivity index (χ2n) is 4.31. The summed E-state index contributed by atoms with van der Waals surface area (Å²) < 4.78 is 20.0. The predicted octanol–water partition coefficient (Wildman–Crippen LogP) is 3.89. The van der Waals surface area contributed by atoms with Crippen molar-refractivity contribution in [2.24, 2.45) is 5.10 Å². The summed E-state index contributed by atoms with van der Waals surface area (Å²) in [5.74, 6) is 0.919. The smallest absolute Gasteiger partial charge is 0.216 e. The molecule has 1 N–H and O–H groups in total. The number of halogens is 1. The summed E-state index contributed by atoms with van der Waals surface area (Å²) in [5, 5.41) is 11.0. The first-order chi connectivity index (χ1) is 10.7. The average Bonchev–Trinajstić information content (AvgIpc) is 3.15. The van der Waals surface area contributed by atoms with Crippen molar-refractivity contribution in [1.82, 2.24) is 14.9 Å². The van der Waals surface area contributed by atoms with E-state index in [-0.39, 0.29) is 5.82 Å². The van der Waals surface area contributed by atoms with Crippen molar-refractivity contribution >= 4 is 24.5 Å². The van der Waals surface area contributed by atoms with Gasteiger partial charge in [-0.15, -0.1) is 0 Å². The molecule has 0 spiro atoms. The summed E-state index contributed by atoms with van der Waals surface area (Å²) in [5.41, 5.74) is 0.709. The highest BCUT2D eigenvalue weighted by atomic mass is 32.1. The number of benzene rings is 1. The van der Waals surface area contributed by atoms with Gasteiger partial charge >= 0.3 is 0 Å². The predicted molar refractivity (Wildman–Crippen MR) is 84.4 cm³/mol. The van der Waals surface area contributed by atoms with Crippen LogP contribution in [-0.4, -0.2) is 21.1 Å². The van der Waals surface area contributed by atoms with Gasteiger partial charge in [0, 0.05) is 11.8 Å². The lowest BCUT2D eigenvalue weighted by molar-refractivity contribution is 0.557. The molecule has 0 aliphatic rings. The summed E-state index contributed by atoms with van der Waals surface area (Å²) >= 11 is 5.14. The molecule has 110 valence electrons. The highest BCUT2D eigenvalue weighted by Gasteiger charge is 2.07. The zero-order chi connectivity index (χ0) is 15.4. The maximum absolute atomic E-state index is 13.0. The van der Waals surface area contributed by atoms with E-state index in [9.17, 15) is 4.39 Å². The van der Waals surface area contributed by atoms with E-state index < -0.39 is 0 Å². The van der Waals surface area contributed by atoms with Crippen molar-refractivity contribution in [3.05, 3.63) is 65.1 Å². The normalized spacial score (nSPS) is 11.7. The van der Waals surface area contributed by atoms with Crippen molar-refractivity contribution in [3.63, 3.8) is 0 Å². The van der Waals surface area contributed by atoms with E-state index in [0.29, 0.717) is 16.2 Å². The van der Waals surface area contributed by atoms with E-state index in [1.165, 1.54) is 16.8 Å². The molecule has 5 nitrogen and oxygen atoms in total. The number of aromatic amines is 1. The topological polar surface area (TPSA) is 59.1 Å². The van der Waals surface area contributed by atoms with Crippen LogP contribution in [0.25, 0.3) is 17.5 Å². The third kappa shape index (κ3) is 3.09. The summed E-state index contributed by atoms with van der Waals surface area (Å²) in [6.45, 7) is 0. The van der Waals surface area contributed by atoms with Gasteiger partial charge in [0.2, 0.25) is 4.77 Å². The lowest BCUT2D eigenvalue weighted by atomic mass is 10.2. The van der Waals surface area contributed by atoms with E-state index in [1.54, 1.807) is 42.8 Å². The van der Waals surface area contributed by atoms with E-state index >= 15 is 0 Å². The van der Waals surface area contributed by atoms with Crippen LogP contribution in [0.2, 0.25) is 0 Å². The van der Waals surface area contributed by atoms with Gasteiger partial charge in [0.15, 0.2) is 5.82 Å². The zero-order valence-electron chi connectivity index (χ0n) is 11.3. The molecule has 0 saturated heterocycles. The van der Waals surface area contributed by atoms with Crippen LogP contribution < -0.4 is 0 Å². The quantitative estimate of drug-likeness (QED) is 0.587. The maximum Gasteiger partial charge on any atom is 0.216 e. The fourth-order valence-corrected chi connectivity index (χ4v) is 1.99. The van der Waals surface area contributed by atoms with Gasteiger partial charge in [-0.2, -0.15) is 14.9 Å². The van der Waals surface area contributed by atoms with E-state index in [1.807, 2.05) is 6.07 Å². The van der Waals surface area contributed by atoms with Gasteiger partial charge in [0.25, 0.3) is 0 Å². The van der Waals surface area contributed by atoms with Crippen LogP contribution in [0.4, 0.5) is 4.39 Å². The first kappa shape index (κ1) is 14.2. The number of furan rings is 1. The molecule has 0 saturated carbocycles. The first-order valence-corrected chi connectivity index (χ1v) is 6.83. The van der Waals surface area contributed by atoms with Crippen LogP contribution >= 0.6 is 12.2 Å². The molecule has 2 heterocycles. The minimum Gasteiger partial charge on any atom is -0.465 e. The van der Waals surface area contributed by atoms with Gasteiger partial charge in [-0.05, 0) is 60.8 Å². The Balaban J connectivity index is 1.86. The third-order valence-corrected chi connectivity index (χ3v) is 3.09. The van der Waals surface area contributed by atoms with Crippen LogP contribution in [0.5, 0.6) is 0 Å². The fraction of sp³-hybridized carbons (Fsp3) is 0. The first-order valence-electron chi connectivity index (χ1n) is 6.42. The molecule has 22 heavy (non-hydrogen) atoms. The summed E-state index contributed by atoms with van der Waals surface area (Å²) in [6.07, 6.45) is 6.66. The number of hydrogen-bond acceptors (Lipinski definition) is 4. The van der Waals surface area contributed by atoms with Crippen LogP contribution in [-0.2, 0) is 0 Å². The Labute approximate surface area is 130 Å². The van der Waals surface area contributed by atoms with Crippen molar-refractivity contribution < 1.29 is 8.81 Å². The second kappa shape index (κ2) is 6.31. The van der Waals surface area contributed by atoms with Crippen LogP contribution in [0.15, 0.2) is 58.3 Å². The van der Waals surface area contributed by atoms with Crippen molar-refractivity contribution in [2.75, 3.05) is 0 Å². The highest BCUT2D eigenvalue weighted by molar-refractivity contribution is 7.71. The number of H-pyrrole nitrogens is 1. The highest BCUT2D eigenvalue weighted by Crippen LogP contribution is 2.17. The lowest BCUT2D eigenvalue weighted by Crippen LogP contribution is -1.93. The number of rotatable bonds is 4. The molecule has 0 amide bonds. The van der Waals surface area contributed by atoms with Crippen molar-refractivity contribution in [1.29, 1.82) is 0 Å². The Kier molecular flexibility index (Phi) is 4.06. The molecule has 3 rings (SSSR count). The minimum absolute atomic E-state index is 0.311. The van der Waals surface area contributed by atoms with Gasteiger partial charge in [0.1, 0.15) is 11.6 Å². The van der Waals surface area contributed by atoms with E-state index in [4.69, 9.17) is 16.6 Å². The number of hydrogen-bond donors (Lipinski definition) is 1. The molecule has 0 radical (unpaired) electrons. The molecule has 0 bridgehead atoms. The molecule has 0 aliphatic carbocycles. The second-order valence-corrected chi connectivity index (χ2v) is 4.70. The molecule has 7 heteroatoms. The molecular formula is C15H11FN4OS. The van der Waals surface area contributed by atoms with E-state index in [0.717, 1.165) is 5.76 Å². The molecule has 3 aromatic rings. The molecule has 1 aromatic carbocycles. The summed E-state index contributed by atoms with van der Waals surface area (Å²) in [4.78, 5) is 0. The van der Waals surface area contributed by atoms with Crippen molar-refractivity contribution in [2.45, 2.75) is 0 Å². The molecular weight excluding hydrogens is 303 g/mol. The Morgan fingerprint density at radius 2 is 2.09 bits per heavy atom. The van der Waals surface area contributed by atoms with Gasteiger partial charge < -0.3 is 4.42 Å². The SMILES string of the molecule is Fc1ccc(-c2n[nH]c(=S)n2/N=C/C=C/c2ccco2)cc1. The van der Waals surface area contributed by atoms with E-state index in [2.05, 4.69) is 15.3 Å². The van der Waals surface area contributed by atoms with Gasteiger partial charge in [-0.3, -0.25) is 0 Å². The fourth-order valence-electron chi connectivity index (χ4n) is 1.81. The summed E-state index contributed by atoms with van der Waals surface area (Å²) in [6, 6.07) is 9.58. The zero-order valence-corrected chi connectivity index (χ0v) is 12.1. The Hall–Kier alpha value is -2.80. The molecule has 0 aliphatic heterocycles. The Bertz CT molecular complexity index is 860. The number of nitrogens with one attached hydrogen (secondary N) is 1. The molecule has 0 fully saturated rings. The number of allylic oxidation sites excluding steroid dienone is 1. The maximum atomic E-state index is 13.0. The van der Waals surface area contributed by atoms with Crippen LogP contribution in [0.1, 0.15) is 5.76 Å². The summed E-state index contributed by atoms with van der Waals surface area (Å²) in [7, 11) is 0. The van der Waals surface area contributed by atoms with Gasteiger partial charge in [-0.1, -0.05) is 0 Å². The Morgan fingerprint density at radius 3 is 2.82 bits per heavy atom. The third-order valence-electron chi connectivity index (χ3n) is 2.82.